The normalized spacial score (nSPS) is 14.3. The molecule has 0 unspecified atom stereocenters. The summed E-state index contributed by atoms with van der Waals surface area (Å²) in [6.45, 7) is 1.81. The summed E-state index contributed by atoms with van der Waals surface area (Å²) in [6.07, 6.45) is 3.68. The monoisotopic (exact) mass is 579 g/mol. The number of hydrogen-bond acceptors (Lipinski definition) is 6. The molecular weight excluding hydrogens is 555 g/mol. The second kappa shape index (κ2) is 10.7. The number of carbonyl (C=O) groups is 1. The lowest BCUT2D eigenvalue weighted by atomic mass is 10.1. The molecule has 1 saturated heterocycles. The van der Waals surface area contributed by atoms with Crippen molar-refractivity contribution in [3.05, 3.63) is 118 Å². The minimum atomic E-state index is -0.348. The zero-order chi connectivity index (χ0) is 28.7. The second-order valence-corrected chi connectivity index (χ2v) is 11.0. The van der Waals surface area contributed by atoms with Crippen LogP contribution < -0.4 is 15.2 Å². The van der Waals surface area contributed by atoms with E-state index in [1.165, 1.54) is 16.7 Å². The maximum Gasteiger partial charge on any atom is 0.296 e. The van der Waals surface area contributed by atoms with Crippen molar-refractivity contribution in [1.82, 2.24) is 19.1 Å². The molecule has 0 bridgehead atoms. The van der Waals surface area contributed by atoms with E-state index in [0.717, 1.165) is 22.6 Å². The third-order valence-electron chi connectivity index (χ3n) is 6.95. The van der Waals surface area contributed by atoms with Crippen LogP contribution in [-0.2, 0) is 11.8 Å². The highest BCUT2D eigenvalue weighted by molar-refractivity contribution is 8.27. The number of ether oxygens (including phenoxy) is 1. The van der Waals surface area contributed by atoms with Crippen LogP contribution in [0.3, 0.4) is 0 Å². The topological polar surface area (TPSA) is 74.3 Å². The van der Waals surface area contributed by atoms with Gasteiger partial charge in [-0.05, 0) is 61.5 Å². The van der Waals surface area contributed by atoms with Gasteiger partial charge in [0.2, 0.25) is 0 Å². The molecule has 2 aromatic heterocycles. The summed E-state index contributed by atoms with van der Waals surface area (Å²) in [5, 5.41) is 4.85. The van der Waals surface area contributed by atoms with Crippen molar-refractivity contribution in [2.45, 2.75) is 6.92 Å². The second-order valence-electron chi connectivity index (χ2n) is 9.37. The van der Waals surface area contributed by atoms with Crippen molar-refractivity contribution in [3.8, 4) is 28.4 Å². The number of aromatic nitrogens is 4. The summed E-state index contributed by atoms with van der Waals surface area (Å²) in [5.74, 6) is 0.386. The van der Waals surface area contributed by atoms with Crippen molar-refractivity contribution in [2.75, 3.05) is 12.0 Å². The van der Waals surface area contributed by atoms with Gasteiger partial charge in [0, 0.05) is 24.4 Å². The Hall–Kier alpha value is -4.67. The first-order chi connectivity index (χ1) is 19.9. The number of thiocarbonyl (C=S) groups is 1. The number of rotatable bonds is 6. The summed E-state index contributed by atoms with van der Waals surface area (Å²) in [7, 11) is 3.41. The van der Waals surface area contributed by atoms with Crippen molar-refractivity contribution in [3.63, 3.8) is 0 Å². The van der Waals surface area contributed by atoms with Crippen molar-refractivity contribution >= 4 is 46.0 Å². The molecular formula is C31H25N5O3S2. The van der Waals surface area contributed by atoms with Gasteiger partial charge in [-0.2, -0.15) is 5.10 Å². The third-order valence-corrected chi connectivity index (χ3v) is 8.26. The molecule has 0 saturated carbocycles. The Balaban J connectivity index is 1.43. The quantitative estimate of drug-likeness (QED) is 0.188. The molecule has 0 atom stereocenters. The Morgan fingerprint density at radius 2 is 1.54 bits per heavy atom. The fourth-order valence-electron chi connectivity index (χ4n) is 4.79. The number of thioether (sulfide) groups is 1. The molecule has 0 N–H and O–H groups in total. The van der Waals surface area contributed by atoms with Gasteiger partial charge in [-0.1, -0.05) is 60.4 Å². The van der Waals surface area contributed by atoms with E-state index in [1.807, 2.05) is 98.0 Å². The zero-order valence-corrected chi connectivity index (χ0v) is 24.1. The maximum absolute atomic E-state index is 13.8. The van der Waals surface area contributed by atoms with Crippen LogP contribution in [0.4, 0.5) is 5.69 Å². The lowest BCUT2D eigenvalue weighted by molar-refractivity contribution is -0.113. The van der Waals surface area contributed by atoms with E-state index < -0.39 is 0 Å². The molecule has 0 aliphatic carbocycles. The minimum Gasteiger partial charge on any atom is -0.497 e. The van der Waals surface area contributed by atoms with E-state index >= 15 is 0 Å². The molecule has 41 heavy (non-hydrogen) atoms. The van der Waals surface area contributed by atoms with Gasteiger partial charge >= 0.3 is 0 Å². The van der Waals surface area contributed by atoms with E-state index in [0.29, 0.717) is 26.3 Å². The molecule has 8 nitrogen and oxygen atoms in total. The van der Waals surface area contributed by atoms with E-state index in [2.05, 4.69) is 0 Å². The maximum atomic E-state index is 13.8. The summed E-state index contributed by atoms with van der Waals surface area (Å²) < 4.78 is 10.7. The van der Waals surface area contributed by atoms with Crippen LogP contribution >= 0.6 is 24.0 Å². The van der Waals surface area contributed by atoms with Crippen LogP contribution in [0, 0.1) is 6.92 Å². The number of carbonyl (C=O) groups excluding carboxylic acids is 1. The Labute approximate surface area is 246 Å². The first kappa shape index (κ1) is 26.5. The van der Waals surface area contributed by atoms with Gasteiger partial charge < -0.3 is 4.74 Å². The first-order valence-corrected chi connectivity index (χ1v) is 14.0. The molecule has 204 valence electrons. The number of hydrogen-bond donors (Lipinski definition) is 0. The molecule has 3 aromatic carbocycles. The summed E-state index contributed by atoms with van der Waals surface area (Å²) in [5.41, 5.74) is 4.46. The van der Waals surface area contributed by atoms with E-state index in [9.17, 15) is 9.59 Å². The van der Waals surface area contributed by atoms with Gasteiger partial charge in [-0.15, -0.1) is 0 Å². The lowest BCUT2D eigenvalue weighted by Crippen LogP contribution is -2.33. The van der Waals surface area contributed by atoms with Gasteiger partial charge in [-0.25, -0.2) is 9.36 Å². The van der Waals surface area contributed by atoms with E-state index in [4.69, 9.17) is 22.1 Å². The number of anilines is 1. The van der Waals surface area contributed by atoms with Crippen molar-refractivity contribution < 1.29 is 9.53 Å². The Bertz CT molecular complexity index is 1870. The van der Waals surface area contributed by atoms with Gasteiger partial charge in [0.05, 0.1) is 34.8 Å². The molecule has 0 spiro atoms. The zero-order valence-electron chi connectivity index (χ0n) is 22.5. The Morgan fingerprint density at radius 1 is 0.902 bits per heavy atom. The third kappa shape index (κ3) is 4.71. The number of para-hydroxylation sites is 2. The highest BCUT2D eigenvalue weighted by Gasteiger charge is 2.38. The molecule has 3 heterocycles. The largest absolute Gasteiger partial charge is 0.497 e. The summed E-state index contributed by atoms with van der Waals surface area (Å²) in [6, 6.07) is 26.7. The van der Waals surface area contributed by atoms with Crippen LogP contribution in [0.15, 0.2) is 101 Å². The number of benzene rings is 3. The fraction of sp³-hybridized carbons (Fsp3) is 0.0968. The molecule has 1 fully saturated rings. The lowest BCUT2D eigenvalue weighted by Gasteiger charge is -2.12. The molecule has 5 aromatic rings. The molecule has 1 aliphatic rings. The van der Waals surface area contributed by atoms with Crippen LogP contribution in [0.25, 0.3) is 28.7 Å². The molecule has 0 radical (unpaired) electrons. The van der Waals surface area contributed by atoms with Crippen LogP contribution in [0.1, 0.15) is 11.3 Å². The number of amides is 1. The standard InChI is InChI=1S/C31H25N5O3S2/c1-20-28(30(38)36(33(20)2)24-12-8-5-9-13-24)35-29(37)26(41-31(35)40)18-22-19-34(23-10-6-4-7-11-23)32-27(22)21-14-16-25(39-3)17-15-21/h4-19H,1-3H3/b26-18+. The van der Waals surface area contributed by atoms with Crippen molar-refractivity contribution in [2.24, 2.45) is 7.05 Å². The summed E-state index contributed by atoms with van der Waals surface area (Å²) >= 11 is 6.82. The molecule has 10 heteroatoms. The van der Waals surface area contributed by atoms with Crippen molar-refractivity contribution in [1.29, 1.82) is 0 Å². The Morgan fingerprint density at radius 3 is 2.17 bits per heavy atom. The molecule has 1 amide bonds. The van der Waals surface area contributed by atoms with E-state index in [1.54, 1.807) is 34.3 Å². The summed E-state index contributed by atoms with van der Waals surface area (Å²) in [4.78, 5) is 29.2. The fourth-order valence-corrected chi connectivity index (χ4v) is 6.05. The molecule has 1 aliphatic heterocycles. The van der Waals surface area contributed by atoms with Gasteiger partial charge in [0.25, 0.3) is 11.5 Å². The predicted molar refractivity (Wildman–Crippen MR) is 167 cm³/mol. The first-order valence-electron chi connectivity index (χ1n) is 12.8. The van der Waals surface area contributed by atoms with Gasteiger partial charge in [0.15, 0.2) is 4.32 Å². The SMILES string of the molecule is COc1ccc(-c2nn(-c3ccccc3)cc2/C=C2/SC(=S)N(c3c(C)n(C)n(-c4ccccc4)c3=O)C2=O)cc1. The average molecular weight is 580 g/mol. The number of nitrogens with zero attached hydrogens (tertiary/aromatic N) is 5. The van der Waals surface area contributed by atoms with Gasteiger partial charge in [-0.3, -0.25) is 19.2 Å². The van der Waals surface area contributed by atoms with Gasteiger partial charge in [0.1, 0.15) is 11.4 Å². The average Bonchev–Trinajstić information content (AvgIpc) is 3.61. The Kier molecular flexibility index (Phi) is 6.94. The number of methoxy groups -OCH3 is 1. The van der Waals surface area contributed by atoms with Crippen LogP contribution in [0.5, 0.6) is 5.75 Å². The highest BCUT2D eigenvalue weighted by atomic mass is 32.2. The molecule has 6 rings (SSSR count). The minimum absolute atomic E-state index is 0.248. The van der Waals surface area contributed by atoms with Crippen LogP contribution in [-0.4, -0.2) is 36.5 Å². The highest BCUT2D eigenvalue weighted by Crippen LogP contribution is 2.38. The van der Waals surface area contributed by atoms with E-state index in [-0.39, 0.29) is 17.2 Å². The van der Waals surface area contributed by atoms with Crippen LogP contribution in [0.2, 0.25) is 0 Å². The smallest absolute Gasteiger partial charge is 0.296 e. The predicted octanol–water partition coefficient (Wildman–Crippen LogP) is 5.75.